The molecule has 0 aromatic heterocycles. The molecule has 2 aromatic rings. The molecule has 0 aliphatic carbocycles. The number of hydrogen-bond acceptors (Lipinski definition) is 1. The van der Waals surface area contributed by atoms with Gasteiger partial charge in [0, 0.05) is 16.5 Å². The summed E-state index contributed by atoms with van der Waals surface area (Å²) in [4.78, 5) is 12.2. The summed E-state index contributed by atoms with van der Waals surface area (Å²) < 4.78 is 1.03. The van der Waals surface area contributed by atoms with Crippen LogP contribution in [0.1, 0.15) is 35.3 Å². The van der Waals surface area contributed by atoms with Gasteiger partial charge in [0.1, 0.15) is 0 Å². The summed E-state index contributed by atoms with van der Waals surface area (Å²) in [5, 5.41) is 0. The third-order valence-corrected chi connectivity index (χ3v) is 3.73. The van der Waals surface area contributed by atoms with Gasteiger partial charge in [-0.15, -0.1) is 0 Å². The fraction of sp³-hybridized carbons (Fsp3) is 0.278. The average molecular weight is 331 g/mol. The second-order valence-corrected chi connectivity index (χ2v) is 6.44. The molecule has 0 spiro atoms. The van der Waals surface area contributed by atoms with Crippen LogP contribution < -0.4 is 0 Å². The quantitative estimate of drug-likeness (QED) is 0.699. The van der Waals surface area contributed by atoms with Crippen LogP contribution in [0.4, 0.5) is 0 Å². The molecular weight excluding hydrogens is 312 g/mol. The Bertz CT molecular complexity index is 567. The molecule has 2 rings (SSSR count). The molecule has 0 aliphatic heterocycles. The third kappa shape index (κ3) is 4.31. The van der Waals surface area contributed by atoms with Gasteiger partial charge in [0.25, 0.3) is 0 Å². The van der Waals surface area contributed by atoms with Gasteiger partial charge in [0.05, 0.1) is 0 Å². The largest absolute Gasteiger partial charge is 0.294 e. The van der Waals surface area contributed by atoms with E-state index in [1.807, 2.05) is 36.4 Å². The van der Waals surface area contributed by atoms with Crippen molar-refractivity contribution in [3.63, 3.8) is 0 Å². The number of hydrogen-bond donors (Lipinski definition) is 0. The van der Waals surface area contributed by atoms with E-state index in [9.17, 15) is 4.79 Å². The summed E-state index contributed by atoms with van der Waals surface area (Å²) in [6, 6.07) is 15.9. The van der Waals surface area contributed by atoms with Crippen LogP contribution in [0.15, 0.2) is 53.0 Å². The number of rotatable bonds is 5. The second-order valence-electron chi connectivity index (χ2n) is 5.52. The lowest BCUT2D eigenvalue weighted by Gasteiger charge is -2.06. The standard InChI is InChI=1S/C18H19BrO/c1-13(2)11-14-3-7-16(8-4-14)18(20)12-15-5-9-17(19)10-6-15/h3-10,13H,11-12H2,1-2H3. The maximum absolute atomic E-state index is 12.2. The van der Waals surface area contributed by atoms with Gasteiger partial charge in [-0.2, -0.15) is 0 Å². The van der Waals surface area contributed by atoms with E-state index < -0.39 is 0 Å². The van der Waals surface area contributed by atoms with E-state index in [2.05, 4.69) is 41.9 Å². The zero-order chi connectivity index (χ0) is 14.5. The van der Waals surface area contributed by atoms with Crippen LogP contribution in [-0.4, -0.2) is 5.78 Å². The first kappa shape index (κ1) is 15.0. The monoisotopic (exact) mass is 330 g/mol. The fourth-order valence-corrected chi connectivity index (χ4v) is 2.45. The molecule has 0 atom stereocenters. The van der Waals surface area contributed by atoms with Gasteiger partial charge in [0.15, 0.2) is 5.78 Å². The number of halogens is 1. The Balaban J connectivity index is 2.03. The van der Waals surface area contributed by atoms with Crippen molar-refractivity contribution in [3.8, 4) is 0 Å². The summed E-state index contributed by atoms with van der Waals surface area (Å²) in [6.07, 6.45) is 1.51. The number of Topliss-reactive ketones (excluding diaryl/α,β-unsaturated/α-hetero) is 1. The van der Waals surface area contributed by atoms with Crippen LogP contribution in [0.3, 0.4) is 0 Å². The molecule has 104 valence electrons. The van der Waals surface area contributed by atoms with E-state index in [0.717, 1.165) is 22.0 Å². The van der Waals surface area contributed by atoms with Gasteiger partial charge in [-0.05, 0) is 35.6 Å². The molecule has 0 heterocycles. The van der Waals surface area contributed by atoms with Gasteiger partial charge < -0.3 is 0 Å². The first-order chi connectivity index (χ1) is 9.54. The Morgan fingerprint density at radius 3 is 2.05 bits per heavy atom. The van der Waals surface area contributed by atoms with E-state index in [1.54, 1.807) is 0 Å². The van der Waals surface area contributed by atoms with Crippen molar-refractivity contribution in [1.82, 2.24) is 0 Å². The predicted octanol–water partition coefficient (Wildman–Crippen LogP) is 5.07. The van der Waals surface area contributed by atoms with Crippen molar-refractivity contribution < 1.29 is 4.79 Å². The highest BCUT2D eigenvalue weighted by Gasteiger charge is 2.07. The van der Waals surface area contributed by atoms with Crippen LogP contribution in [0.25, 0.3) is 0 Å². The molecule has 2 heteroatoms. The van der Waals surface area contributed by atoms with Gasteiger partial charge in [-0.3, -0.25) is 4.79 Å². The zero-order valence-corrected chi connectivity index (χ0v) is 13.5. The Morgan fingerprint density at radius 1 is 0.950 bits per heavy atom. The fourth-order valence-electron chi connectivity index (χ4n) is 2.19. The number of carbonyl (C=O) groups excluding carboxylic acids is 1. The van der Waals surface area contributed by atoms with Crippen molar-refractivity contribution in [1.29, 1.82) is 0 Å². The number of benzene rings is 2. The first-order valence-electron chi connectivity index (χ1n) is 6.91. The molecule has 0 bridgehead atoms. The highest BCUT2D eigenvalue weighted by molar-refractivity contribution is 9.10. The van der Waals surface area contributed by atoms with Crippen molar-refractivity contribution in [3.05, 3.63) is 69.7 Å². The minimum absolute atomic E-state index is 0.170. The van der Waals surface area contributed by atoms with E-state index in [4.69, 9.17) is 0 Å². The SMILES string of the molecule is CC(C)Cc1ccc(C(=O)Cc2ccc(Br)cc2)cc1. The van der Waals surface area contributed by atoms with Crippen LogP contribution in [-0.2, 0) is 12.8 Å². The Hall–Kier alpha value is -1.41. The minimum atomic E-state index is 0.170. The molecule has 20 heavy (non-hydrogen) atoms. The number of carbonyl (C=O) groups is 1. The van der Waals surface area contributed by atoms with Crippen LogP contribution >= 0.6 is 15.9 Å². The van der Waals surface area contributed by atoms with E-state index in [0.29, 0.717) is 12.3 Å². The van der Waals surface area contributed by atoms with Gasteiger partial charge in [0.2, 0.25) is 0 Å². The Kier molecular flexibility index (Phi) is 5.13. The lowest BCUT2D eigenvalue weighted by atomic mass is 9.98. The van der Waals surface area contributed by atoms with Gasteiger partial charge in [-0.25, -0.2) is 0 Å². The molecule has 0 aliphatic rings. The lowest BCUT2D eigenvalue weighted by molar-refractivity contribution is 0.0993. The van der Waals surface area contributed by atoms with Gasteiger partial charge >= 0.3 is 0 Å². The lowest BCUT2D eigenvalue weighted by Crippen LogP contribution is -2.04. The number of ketones is 1. The molecule has 0 amide bonds. The van der Waals surface area contributed by atoms with E-state index >= 15 is 0 Å². The molecule has 0 radical (unpaired) electrons. The summed E-state index contributed by atoms with van der Waals surface area (Å²) in [7, 11) is 0. The second kappa shape index (κ2) is 6.85. The molecule has 0 saturated carbocycles. The zero-order valence-electron chi connectivity index (χ0n) is 11.9. The molecule has 0 unspecified atom stereocenters. The van der Waals surface area contributed by atoms with Crippen molar-refractivity contribution in [2.24, 2.45) is 5.92 Å². The topological polar surface area (TPSA) is 17.1 Å². The molecule has 0 fully saturated rings. The van der Waals surface area contributed by atoms with Crippen LogP contribution in [0.2, 0.25) is 0 Å². The summed E-state index contributed by atoms with van der Waals surface area (Å²) in [5.41, 5.74) is 3.13. The van der Waals surface area contributed by atoms with Gasteiger partial charge in [-0.1, -0.05) is 66.2 Å². The summed E-state index contributed by atoms with van der Waals surface area (Å²) in [6.45, 7) is 4.40. The Labute approximate surface area is 129 Å². The third-order valence-electron chi connectivity index (χ3n) is 3.20. The predicted molar refractivity (Wildman–Crippen MR) is 87.2 cm³/mol. The molecule has 1 nitrogen and oxygen atoms in total. The van der Waals surface area contributed by atoms with E-state index in [1.165, 1.54) is 5.56 Å². The highest BCUT2D eigenvalue weighted by atomic mass is 79.9. The minimum Gasteiger partial charge on any atom is -0.294 e. The Morgan fingerprint density at radius 2 is 1.50 bits per heavy atom. The highest BCUT2D eigenvalue weighted by Crippen LogP contribution is 2.14. The summed E-state index contributed by atoms with van der Waals surface area (Å²) >= 11 is 3.40. The molecule has 0 saturated heterocycles. The van der Waals surface area contributed by atoms with Crippen molar-refractivity contribution >= 4 is 21.7 Å². The van der Waals surface area contributed by atoms with Crippen molar-refractivity contribution in [2.75, 3.05) is 0 Å². The van der Waals surface area contributed by atoms with E-state index in [-0.39, 0.29) is 5.78 Å². The maximum atomic E-state index is 12.2. The molecule has 2 aromatic carbocycles. The van der Waals surface area contributed by atoms with Crippen molar-refractivity contribution in [2.45, 2.75) is 26.7 Å². The van der Waals surface area contributed by atoms with Crippen LogP contribution in [0, 0.1) is 5.92 Å². The smallest absolute Gasteiger partial charge is 0.167 e. The normalized spacial score (nSPS) is 10.8. The summed E-state index contributed by atoms with van der Waals surface area (Å²) in [5.74, 6) is 0.808. The average Bonchev–Trinajstić information content (AvgIpc) is 2.41. The first-order valence-corrected chi connectivity index (χ1v) is 7.70. The maximum Gasteiger partial charge on any atom is 0.167 e. The molecular formula is C18H19BrO. The molecule has 0 N–H and O–H groups in total. The van der Waals surface area contributed by atoms with Crippen LogP contribution in [0.5, 0.6) is 0 Å².